The average molecular weight is 535 g/mol. The normalized spacial score (nSPS) is 39.2. The molecule has 0 radical (unpaired) electrons. The van der Waals surface area contributed by atoms with E-state index in [2.05, 4.69) is 114 Å². The molecule has 40 heavy (non-hydrogen) atoms. The van der Waals surface area contributed by atoms with Gasteiger partial charge >= 0.3 is 0 Å². The topological polar surface area (TPSA) is 34.1 Å². The molecule has 0 unspecified atom stereocenters. The van der Waals surface area contributed by atoms with Crippen LogP contribution >= 0.6 is 0 Å². The van der Waals surface area contributed by atoms with Crippen LogP contribution in [0.25, 0.3) is 12.2 Å². The van der Waals surface area contributed by atoms with E-state index in [1.807, 2.05) is 12.1 Å². The molecular formula is C38H46O2. The fourth-order valence-corrected chi connectivity index (χ4v) is 10.6. The predicted octanol–water partition coefficient (Wildman–Crippen LogP) is 9.22. The smallest absolute Gasteiger partial charge is 0.147 e. The molecule has 0 aliphatic heterocycles. The van der Waals surface area contributed by atoms with Gasteiger partial charge in [0, 0.05) is 21.7 Å². The quantitative estimate of drug-likeness (QED) is 0.355. The van der Waals surface area contributed by atoms with Gasteiger partial charge in [0.25, 0.3) is 0 Å². The van der Waals surface area contributed by atoms with Gasteiger partial charge in [-0.2, -0.15) is 0 Å². The van der Waals surface area contributed by atoms with Crippen LogP contribution in [0.1, 0.15) is 91.2 Å². The fourth-order valence-electron chi connectivity index (χ4n) is 10.6. The lowest BCUT2D eigenvalue weighted by Gasteiger charge is -2.55. The summed E-state index contributed by atoms with van der Waals surface area (Å²) >= 11 is 0. The number of ketones is 2. The number of Topliss-reactive ketones (excluding diaryl/α,β-unsaturated/α-hetero) is 2. The molecule has 4 aliphatic carbocycles. The Morgan fingerprint density at radius 3 is 1.25 bits per heavy atom. The van der Waals surface area contributed by atoms with Crippen molar-refractivity contribution in [2.24, 2.45) is 44.3 Å². The third kappa shape index (κ3) is 3.17. The van der Waals surface area contributed by atoms with Gasteiger partial charge in [0.15, 0.2) is 0 Å². The molecule has 2 heteroatoms. The van der Waals surface area contributed by atoms with Crippen LogP contribution in [0.2, 0.25) is 0 Å². The number of carbonyl (C=O) groups excluding carboxylic acids is 2. The molecule has 6 rings (SSSR count). The highest BCUT2D eigenvalue weighted by molar-refractivity contribution is 6.05. The Hall–Kier alpha value is -2.74. The van der Waals surface area contributed by atoms with E-state index in [-0.39, 0.29) is 22.7 Å². The van der Waals surface area contributed by atoms with Crippen molar-refractivity contribution < 1.29 is 9.59 Å². The van der Waals surface area contributed by atoms with Crippen LogP contribution in [0.5, 0.6) is 0 Å². The average Bonchev–Trinajstić information content (AvgIpc) is 3.42. The van der Waals surface area contributed by atoms with Gasteiger partial charge in [0.2, 0.25) is 0 Å². The van der Waals surface area contributed by atoms with Crippen LogP contribution in [0.3, 0.4) is 0 Å². The monoisotopic (exact) mass is 534 g/mol. The highest BCUT2D eigenvalue weighted by Gasteiger charge is 2.85. The lowest BCUT2D eigenvalue weighted by molar-refractivity contribution is -0.163. The summed E-state index contributed by atoms with van der Waals surface area (Å²) in [4.78, 5) is 30.4. The fraction of sp³-hybridized carbons (Fsp3) is 0.526. The highest BCUT2D eigenvalue weighted by Crippen LogP contribution is 2.83. The molecule has 4 bridgehead atoms. The van der Waals surface area contributed by atoms with Crippen molar-refractivity contribution in [3.05, 3.63) is 83.9 Å². The number of fused-ring (bicyclic) bond motifs is 4. The summed E-state index contributed by atoms with van der Waals surface area (Å²) in [5, 5.41) is 0. The van der Waals surface area contributed by atoms with Crippen molar-refractivity contribution in [2.75, 3.05) is 0 Å². The standard InChI is InChI=1S/C38H46O2/c1-33(2)29-21-25-35(33,5)31(39)37(29,23-13-19-27-15-9-7-10-16-27)38(24-14-20-28-17-11-8-12-18-28)30-22-26-36(6,32(38)40)34(30,3)4/h7-20,29-30H,21-26H2,1-6H3/b19-13-,20-14+/t29-,30-,35+,36+,37-,38+/m1/s1. The maximum atomic E-state index is 15.2. The van der Waals surface area contributed by atoms with E-state index in [1.54, 1.807) is 0 Å². The molecule has 6 atom stereocenters. The first-order valence-corrected chi connectivity index (χ1v) is 15.4. The zero-order valence-corrected chi connectivity index (χ0v) is 25.3. The van der Waals surface area contributed by atoms with Crippen molar-refractivity contribution in [3.63, 3.8) is 0 Å². The molecule has 2 aromatic rings. The van der Waals surface area contributed by atoms with Gasteiger partial charge in [-0.25, -0.2) is 0 Å². The SMILES string of the molecule is CC1(C)[C@H]2CC[C@@]1(C)C(=O)[C@]2(C/C=C\c1ccccc1)[C@]1(C/C=C/c2ccccc2)C(=O)[C@]2(C)CC[C@@H]1C2(C)C. The molecular weight excluding hydrogens is 488 g/mol. The maximum Gasteiger partial charge on any atom is 0.147 e. The summed E-state index contributed by atoms with van der Waals surface area (Å²) in [6, 6.07) is 20.7. The van der Waals surface area contributed by atoms with Crippen LogP contribution in [0, 0.1) is 44.3 Å². The Kier molecular flexibility index (Phi) is 6.09. The third-order valence-corrected chi connectivity index (χ3v) is 13.4. The zero-order chi connectivity index (χ0) is 28.6. The summed E-state index contributed by atoms with van der Waals surface area (Å²) in [6.45, 7) is 13.7. The van der Waals surface area contributed by atoms with Crippen molar-refractivity contribution in [1.82, 2.24) is 0 Å². The van der Waals surface area contributed by atoms with Gasteiger partial charge in [-0.1, -0.05) is 127 Å². The van der Waals surface area contributed by atoms with Gasteiger partial charge in [-0.3, -0.25) is 9.59 Å². The van der Waals surface area contributed by atoms with Crippen LogP contribution < -0.4 is 0 Å². The number of carbonyl (C=O) groups is 2. The van der Waals surface area contributed by atoms with Crippen LogP contribution in [-0.2, 0) is 9.59 Å². The van der Waals surface area contributed by atoms with Crippen LogP contribution in [0.4, 0.5) is 0 Å². The van der Waals surface area contributed by atoms with E-state index in [4.69, 9.17) is 0 Å². The Bertz CT molecular complexity index is 1270. The van der Waals surface area contributed by atoms with Crippen molar-refractivity contribution in [1.29, 1.82) is 0 Å². The first-order valence-electron chi connectivity index (χ1n) is 15.4. The summed E-state index contributed by atoms with van der Waals surface area (Å²) in [5.74, 6) is 1.11. The molecule has 0 amide bonds. The number of rotatable bonds is 7. The summed E-state index contributed by atoms with van der Waals surface area (Å²) in [5.41, 5.74) is -0.211. The highest BCUT2D eigenvalue weighted by atomic mass is 16.1. The largest absolute Gasteiger partial charge is 0.298 e. The van der Waals surface area contributed by atoms with Crippen molar-refractivity contribution in [3.8, 4) is 0 Å². The first-order chi connectivity index (χ1) is 18.9. The van der Waals surface area contributed by atoms with Gasteiger partial charge < -0.3 is 0 Å². The molecule has 210 valence electrons. The van der Waals surface area contributed by atoms with Gasteiger partial charge in [-0.15, -0.1) is 0 Å². The Balaban J connectivity index is 1.56. The molecule has 2 nitrogen and oxygen atoms in total. The second kappa shape index (κ2) is 8.88. The van der Waals surface area contributed by atoms with Crippen LogP contribution in [-0.4, -0.2) is 11.6 Å². The lowest BCUT2D eigenvalue weighted by atomic mass is 9.45. The first kappa shape index (κ1) is 27.4. The predicted molar refractivity (Wildman–Crippen MR) is 164 cm³/mol. The van der Waals surface area contributed by atoms with E-state index in [9.17, 15) is 0 Å². The summed E-state index contributed by atoms with van der Waals surface area (Å²) in [7, 11) is 0. The van der Waals surface area contributed by atoms with Gasteiger partial charge in [0.05, 0.1) is 0 Å². The Morgan fingerprint density at radius 1 is 0.600 bits per heavy atom. The third-order valence-electron chi connectivity index (χ3n) is 13.4. The molecule has 0 spiro atoms. The van der Waals surface area contributed by atoms with Crippen LogP contribution in [0.15, 0.2) is 72.8 Å². The summed E-state index contributed by atoms with van der Waals surface area (Å²) in [6.07, 6.45) is 14.0. The minimum absolute atomic E-state index is 0.145. The van der Waals surface area contributed by atoms with E-state index in [1.165, 1.54) is 0 Å². The second-order valence-corrected chi connectivity index (χ2v) is 14.9. The van der Waals surface area contributed by atoms with E-state index in [0.717, 1.165) is 36.8 Å². The van der Waals surface area contributed by atoms with E-state index in [0.29, 0.717) is 24.4 Å². The minimum atomic E-state index is -0.701. The van der Waals surface area contributed by atoms with Gasteiger partial charge in [-0.05, 0) is 72.3 Å². The zero-order valence-electron chi connectivity index (χ0n) is 25.3. The lowest BCUT2D eigenvalue weighted by Crippen LogP contribution is -2.59. The Morgan fingerprint density at radius 2 is 0.950 bits per heavy atom. The number of hydrogen-bond donors (Lipinski definition) is 0. The maximum absolute atomic E-state index is 15.2. The molecule has 4 aliphatic rings. The number of hydrogen-bond acceptors (Lipinski definition) is 2. The van der Waals surface area contributed by atoms with E-state index >= 15 is 9.59 Å². The molecule has 0 saturated heterocycles. The minimum Gasteiger partial charge on any atom is -0.298 e. The second-order valence-electron chi connectivity index (χ2n) is 14.9. The molecule has 4 fully saturated rings. The van der Waals surface area contributed by atoms with Gasteiger partial charge in [0.1, 0.15) is 11.6 Å². The molecule has 2 aromatic carbocycles. The molecule has 0 heterocycles. The molecule has 4 saturated carbocycles. The van der Waals surface area contributed by atoms with Crippen molar-refractivity contribution >= 4 is 23.7 Å². The number of benzene rings is 2. The summed E-state index contributed by atoms with van der Waals surface area (Å²) < 4.78 is 0. The Labute approximate surface area is 241 Å². The number of allylic oxidation sites excluding steroid dienone is 2. The van der Waals surface area contributed by atoms with E-state index < -0.39 is 21.7 Å². The van der Waals surface area contributed by atoms with Crippen molar-refractivity contribution in [2.45, 2.75) is 80.1 Å². The molecule has 0 aromatic heterocycles. The molecule has 0 N–H and O–H groups in total.